The van der Waals surface area contributed by atoms with E-state index in [-0.39, 0.29) is 0 Å². The van der Waals surface area contributed by atoms with E-state index in [1.54, 1.807) is 21.3 Å². The average molecular weight is 465 g/mol. The predicted molar refractivity (Wildman–Crippen MR) is 99.9 cm³/mol. The molecule has 0 aromatic heterocycles. The molecule has 0 fully saturated rings. The monoisotopic (exact) mass is 465 g/mol. The number of rotatable bonds is 4. The molecule has 0 spiro atoms. The zero-order valence-corrected chi connectivity index (χ0v) is 17.3. The van der Waals surface area contributed by atoms with Crippen LogP contribution in [0.4, 0.5) is 0 Å². The third-order valence-corrected chi connectivity index (χ3v) is 7.12. The SMILES string of the molecule is [CH2+]c1cc(OC)cc2c1[C](=[Ru]([Cl])[Cl])C=C2c1cc(OC)cc(OC)c1. The van der Waals surface area contributed by atoms with Crippen molar-refractivity contribution < 1.29 is 27.7 Å². The van der Waals surface area contributed by atoms with Crippen LogP contribution in [-0.2, 0) is 13.5 Å². The van der Waals surface area contributed by atoms with Crippen LogP contribution in [0.15, 0.2) is 36.4 Å². The molecule has 25 heavy (non-hydrogen) atoms. The molecule has 6 heteroatoms. The third kappa shape index (κ3) is 3.44. The Balaban J connectivity index is 2.27. The molecule has 0 amide bonds. The predicted octanol–water partition coefficient (Wildman–Crippen LogP) is 4.79. The van der Waals surface area contributed by atoms with Gasteiger partial charge in [0.15, 0.2) is 0 Å². The van der Waals surface area contributed by atoms with Gasteiger partial charge in [0.05, 0.1) is 0 Å². The molecule has 132 valence electrons. The van der Waals surface area contributed by atoms with Crippen molar-refractivity contribution >= 4 is 29.1 Å². The van der Waals surface area contributed by atoms with Crippen LogP contribution in [0.25, 0.3) is 5.57 Å². The van der Waals surface area contributed by atoms with Gasteiger partial charge in [0.25, 0.3) is 0 Å². The van der Waals surface area contributed by atoms with Gasteiger partial charge in [0.2, 0.25) is 0 Å². The molecule has 0 heterocycles. The summed E-state index contributed by atoms with van der Waals surface area (Å²) in [6.45, 7) is 4.15. The summed E-state index contributed by atoms with van der Waals surface area (Å²) in [7, 11) is 17.6. The van der Waals surface area contributed by atoms with E-state index < -0.39 is 13.5 Å². The van der Waals surface area contributed by atoms with Gasteiger partial charge in [0, 0.05) is 0 Å². The molecular weight excluding hydrogens is 448 g/mol. The summed E-state index contributed by atoms with van der Waals surface area (Å²) in [4.78, 5) is 0. The number of benzene rings is 2. The van der Waals surface area contributed by atoms with Crippen LogP contribution in [0.1, 0.15) is 22.3 Å². The van der Waals surface area contributed by atoms with Crippen LogP contribution in [0.3, 0.4) is 0 Å². The second-order valence-corrected chi connectivity index (χ2v) is 11.2. The number of hydrogen-bond donors (Lipinski definition) is 0. The molecule has 1 aliphatic rings. The average Bonchev–Trinajstić information content (AvgIpc) is 3.01. The molecule has 0 atom stereocenters. The van der Waals surface area contributed by atoms with E-state index in [0.717, 1.165) is 37.7 Å². The van der Waals surface area contributed by atoms with Gasteiger partial charge in [-0.1, -0.05) is 0 Å². The van der Waals surface area contributed by atoms with Gasteiger partial charge in [-0.05, 0) is 0 Å². The Morgan fingerprint density at radius 1 is 0.840 bits per heavy atom. The Bertz CT molecular complexity index is 878. The van der Waals surface area contributed by atoms with E-state index in [9.17, 15) is 0 Å². The van der Waals surface area contributed by atoms with E-state index in [0.29, 0.717) is 11.5 Å². The molecule has 0 bridgehead atoms. The summed E-state index contributed by atoms with van der Waals surface area (Å²) in [6.07, 6.45) is 2.05. The number of hydrogen-bond acceptors (Lipinski definition) is 3. The minimum atomic E-state index is -2.12. The van der Waals surface area contributed by atoms with Gasteiger partial charge in [-0.15, -0.1) is 0 Å². The Morgan fingerprint density at radius 3 is 1.92 bits per heavy atom. The fraction of sp³-hybridized carbons (Fsp3) is 0.158. The van der Waals surface area contributed by atoms with Crippen LogP contribution in [0.5, 0.6) is 17.2 Å². The number of allylic oxidation sites excluding steroid dienone is 1. The van der Waals surface area contributed by atoms with Gasteiger partial charge in [0.1, 0.15) is 0 Å². The Hall–Kier alpha value is -1.48. The number of ether oxygens (including phenoxy) is 3. The van der Waals surface area contributed by atoms with Gasteiger partial charge in [-0.3, -0.25) is 0 Å². The van der Waals surface area contributed by atoms with E-state index in [1.807, 2.05) is 36.4 Å². The van der Waals surface area contributed by atoms with E-state index >= 15 is 0 Å². The van der Waals surface area contributed by atoms with Crippen molar-refractivity contribution in [1.82, 2.24) is 0 Å². The van der Waals surface area contributed by atoms with Crippen LogP contribution in [0.2, 0.25) is 0 Å². The Morgan fingerprint density at radius 2 is 1.40 bits per heavy atom. The fourth-order valence-corrected chi connectivity index (χ4v) is 5.39. The van der Waals surface area contributed by atoms with Crippen molar-refractivity contribution in [3.05, 3.63) is 65.6 Å². The topological polar surface area (TPSA) is 27.7 Å². The summed E-state index contributed by atoms with van der Waals surface area (Å²) in [5.41, 5.74) is 4.83. The Kier molecular flexibility index (Phi) is 5.43. The summed E-state index contributed by atoms with van der Waals surface area (Å²) >= 11 is -2.12. The molecule has 3 rings (SSSR count). The quantitative estimate of drug-likeness (QED) is 0.481. The fourth-order valence-electron chi connectivity index (χ4n) is 2.86. The van der Waals surface area contributed by atoms with Crippen molar-refractivity contribution in [2.24, 2.45) is 0 Å². The summed E-state index contributed by atoms with van der Waals surface area (Å²) in [5.74, 6) is 2.18. The van der Waals surface area contributed by atoms with Gasteiger partial charge < -0.3 is 0 Å². The van der Waals surface area contributed by atoms with E-state index in [2.05, 4.69) is 6.92 Å². The standard InChI is InChI=1S/C19H17O3.2ClH.Ru/c1-12-7-14(20-2)11-19-17(12)5-6-18(19)13-8-15(21-3)10-16(9-13)22-4;;;/h6-11H,1H2,2-4H3;2*1H;/q+1;;;+2/p-2. The minimum absolute atomic E-state index is 0.717. The van der Waals surface area contributed by atoms with Crippen LogP contribution in [0, 0.1) is 6.92 Å². The third-order valence-electron chi connectivity index (χ3n) is 4.03. The molecule has 2 aromatic rings. The van der Waals surface area contributed by atoms with Crippen LogP contribution in [-0.4, -0.2) is 25.4 Å². The van der Waals surface area contributed by atoms with Gasteiger partial charge in [-0.25, -0.2) is 0 Å². The van der Waals surface area contributed by atoms with Gasteiger partial charge >= 0.3 is 161 Å². The molecule has 3 nitrogen and oxygen atoms in total. The second-order valence-electron chi connectivity index (χ2n) is 5.39. The number of methoxy groups -OCH3 is 3. The normalized spacial score (nSPS) is 13.2. The Labute approximate surface area is 160 Å². The molecule has 2 aromatic carbocycles. The zero-order valence-electron chi connectivity index (χ0n) is 14.0. The van der Waals surface area contributed by atoms with E-state index in [4.69, 9.17) is 33.6 Å². The molecule has 0 N–H and O–H groups in total. The summed E-state index contributed by atoms with van der Waals surface area (Å²) in [5, 5.41) is 0. The molecule has 0 saturated carbocycles. The van der Waals surface area contributed by atoms with Crippen molar-refractivity contribution in [2.45, 2.75) is 0 Å². The summed E-state index contributed by atoms with van der Waals surface area (Å²) < 4.78 is 17.2. The molecule has 0 aliphatic heterocycles. The van der Waals surface area contributed by atoms with Crippen molar-refractivity contribution in [2.75, 3.05) is 21.3 Å². The first-order valence-electron chi connectivity index (χ1n) is 7.35. The van der Waals surface area contributed by atoms with Crippen LogP contribution < -0.4 is 14.2 Å². The first-order valence-corrected chi connectivity index (χ1v) is 12.7. The van der Waals surface area contributed by atoms with E-state index in [1.165, 1.54) is 0 Å². The number of halogens is 2. The van der Waals surface area contributed by atoms with Crippen molar-refractivity contribution in [3.63, 3.8) is 0 Å². The molecule has 0 radical (unpaired) electrons. The molecular formula is C19H17Cl2O3Ru+. The van der Waals surface area contributed by atoms with Crippen LogP contribution >= 0.6 is 19.4 Å². The molecule has 0 saturated heterocycles. The first-order chi connectivity index (χ1) is 12.0. The molecule has 0 unspecified atom stereocenters. The molecule has 1 aliphatic carbocycles. The maximum atomic E-state index is 6.35. The second kappa shape index (κ2) is 7.41. The number of fused-ring (bicyclic) bond motifs is 1. The van der Waals surface area contributed by atoms with Crippen molar-refractivity contribution in [1.29, 1.82) is 0 Å². The van der Waals surface area contributed by atoms with Crippen molar-refractivity contribution in [3.8, 4) is 17.2 Å². The maximum absolute atomic E-state index is 6.35. The van der Waals surface area contributed by atoms with Gasteiger partial charge in [-0.2, -0.15) is 0 Å². The first kappa shape index (κ1) is 18.3. The zero-order chi connectivity index (χ0) is 18.1. The summed E-state index contributed by atoms with van der Waals surface area (Å²) in [6, 6.07) is 9.64.